The number of methoxy groups -OCH3 is 1. The summed E-state index contributed by atoms with van der Waals surface area (Å²) in [6.07, 6.45) is 0. The number of nitrogens with zero attached hydrogens (tertiary/aromatic N) is 1. The summed E-state index contributed by atoms with van der Waals surface area (Å²) in [4.78, 5) is 25.2. The Kier molecular flexibility index (Phi) is 5.37. The van der Waals surface area contributed by atoms with Gasteiger partial charge in [0, 0.05) is 24.8 Å². The zero-order chi connectivity index (χ0) is 15.3. The fourth-order valence-electron chi connectivity index (χ4n) is 1.72. The monoisotopic (exact) mass is 279 g/mol. The molecule has 2 amide bonds. The summed E-state index contributed by atoms with van der Waals surface area (Å²) in [5.74, 6) is 0.0752. The number of carbonyl (C=O) groups is 2. The average molecular weight is 279 g/mol. The van der Waals surface area contributed by atoms with Crippen LogP contribution >= 0.6 is 0 Å². The molecule has 1 rings (SSSR count). The van der Waals surface area contributed by atoms with Crippen molar-refractivity contribution >= 4 is 17.5 Å². The molecule has 0 bridgehead atoms. The Morgan fingerprint density at radius 1 is 1.40 bits per heavy atom. The number of nitrogens with one attached hydrogen (secondary N) is 1. The number of carbonyl (C=O) groups excluding carboxylic acids is 2. The number of hydrogen-bond acceptors (Lipinski definition) is 4. The maximum absolute atomic E-state index is 12.2. The highest BCUT2D eigenvalue weighted by molar-refractivity contribution is 6.00. The second kappa shape index (κ2) is 6.79. The smallest absolute Gasteiger partial charge is 0.256 e. The summed E-state index contributed by atoms with van der Waals surface area (Å²) in [5.41, 5.74) is 6.50. The Balaban J connectivity index is 2.76. The lowest BCUT2D eigenvalue weighted by Crippen LogP contribution is -2.41. The summed E-state index contributed by atoms with van der Waals surface area (Å²) in [6, 6.07) is 4.87. The summed E-state index contributed by atoms with van der Waals surface area (Å²) in [5, 5.41) is 2.73. The quantitative estimate of drug-likeness (QED) is 0.783. The van der Waals surface area contributed by atoms with Gasteiger partial charge in [-0.2, -0.15) is 0 Å². The van der Waals surface area contributed by atoms with E-state index in [4.69, 9.17) is 10.5 Å². The molecule has 110 valence electrons. The van der Waals surface area contributed by atoms with Crippen molar-refractivity contribution in [3.63, 3.8) is 0 Å². The van der Waals surface area contributed by atoms with Crippen molar-refractivity contribution in [2.45, 2.75) is 19.9 Å². The van der Waals surface area contributed by atoms with E-state index in [0.717, 1.165) is 0 Å². The van der Waals surface area contributed by atoms with E-state index in [1.54, 1.807) is 25.2 Å². The lowest BCUT2D eigenvalue weighted by molar-refractivity contribution is -0.122. The second-order valence-corrected chi connectivity index (χ2v) is 4.84. The highest BCUT2D eigenvalue weighted by Crippen LogP contribution is 2.20. The van der Waals surface area contributed by atoms with Gasteiger partial charge in [0.1, 0.15) is 5.75 Å². The number of nitrogens with two attached hydrogens (primary N) is 1. The van der Waals surface area contributed by atoms with Crippen LogP contribution in [-0.2, 0) is 4.79 Å². The van der Waals surface area contributed by atoms with Gasteiger partial charge in [-0.1, -0.05) is 0 Å². The van der Waals surface area contributed by atoms with Crippen molar-refractivity contribution in [1.82, 2.24) is 10.2 Å². The predicted octanol–water partition coefficient (Wildman–Crippen LogP) is 0.874. The van der Waals surface area contributed by atoms with Crippen molar-refractivity contribution in [2.75, 3.05) is 26.4 Å². The van der Waals surface area contributed by atoms with Crippen LogP contribution in [0.1, 0.15) is 24.2 Å². The second-order valence-electron chi connectivity index (χ2n) is 4.84. The molecule has 3 N–H and O–H groups in total. The summed E-state index contributed by atoms with van der Waals surface area (Å²) in [7, 11) is 3.09. The van der Waals surface area contributed by atoms with Crippen molar-refractivity contribution in [3.05, 3.63) is 23.8 Å². The van der Waals surface area contributed by atoms with Crippen LogP contribution in [0.25, 0.3) is 0 Å². The van der Waals surface area contributed by atoms with Crippen molar-refractivity contribution in [3.8, 4) is 5.75 Å². The van der Waals surface area contributed by atoms with E-state index in [1.807, 2.05) is 13.8 Å². The molecule has 0 saturated carbocycles. The fourth-order valence-corrected chi connectivity index (χ4v) is 1.72. The van der Waals surface area contributed by atoms with Crippen molar-refractivity contribution < 1.29 is 14.3 Å². The van der Waals surface area contributed by atoms with Gasteiger partial charge in [-0.25, -0.2) is 0 Å². The van der Waals surface area contributed by atoms with E-state index in [0.29, 0.717) is 17.0 Å². The number of hydrogen-bond donors (Lipinski definition) is 2. The summed E-state index contributed by atoms with van der Waals surface area (Å²) >= 11 is 0. The van der Waals surface area contributed by atoms with Gasteiger partial charge >= 0.3 is 0 Å². The SMILES string of the molecule is COc1ccc(C(=O)N(C)CC(=O)NC(C)C)c(N)c1. The van der Waals surface area contributed by atoms with E-state index < -0.39 is 0 Å². The summed E-state index contributed by atoms with van der Waals surface area (Å²) in [6.45, 7) is 3.71. The van der Waals surface area contributed by atoms with Crippen LogP contribution in [0.2, 0.25) is 0 Å². The molecule has 0 saturated heterocycles. The Labute approximate surface area is 118 Å². The van der Waals surface area contributed by atoms with Crippen molar-refractivity contribution in [1.29, 1.82) is 0 Å². The molecule has 0 spiro atoms. The number of nitrogen functional groups attached to an aromatic ring is 1. The average Bonchev–Trinajstić information content (AvgIpc) is 2.36. The maximum Gasteiger partial charge on any atom is 0.256 e. The third-order valence-corrected chi connectivity index (χ3v) is 2.67. The maximum atomic E-state index is 12.2. The molecule has 20 heavy (non-hydrogen) atoms. The number of likely N-dealkylation sites (N-methyl/N-ethyl adjacent to an activating group) is 1. The highest BCUT2D eigenvalue weighted by Gasteiger charge is 2.17. The topological polar surface area (TPSA) is 84.7 Å². The van der Waals surface area contributed by atoms with Gasteiger partial charge in [0.2, 0.25) is 5.91 Å². The van der Waals surface area contributed by atoms with E-state index >= 15 is 0 Å². The van der Waals surface area contributed by atoms with Crippen LogP contribution in [0.5, 0.6) is 5.75 Å². The van der Waals surface area contributed by atoms with E-state index in [-0.39, 0.29) is 24.4 Å². The normalized spacial score (nSPS) is 10.2. The molecule has 1 aromatic rings. The standard InChI is InChI=1S/C14H21N3O3/c1-9(2)16-13(18)8-17(3)14(19)11-6-5-10(20-4)7-12(11)15/h5-7,9H,8,15H2,1-4H3,(H,16,18). The molecule has 0 atom stereocenters. The highest BCUT2D eigenvalue weighted by atomic mass is 16.5. The molecule has 0 heterocycles. The van der Waals surface area contributed by atoms with Gasteiger partial charge in [0.15, 0.2) is 0 Å². The first-order chi connectivity index (χ1) is 9.35. The Hall–Kier alpha value is -2.24. The number of rotatable bonds is 5. The molecule has 0 unspecified atom stereocenters. The Morgan fingerprint density at radius 2 is 2.05 bits per heavy atom. The molecule has 1 aromatic carbocycles. The van der Waals surface area contributed by atoms with E-state index in [1.165, 1.54) is 12.0 Å². The molecule has 6 heteroatoms. The lowest BCUT2D eigenvalue weighted by atomic mass is 10.1. The largest absolute Gasteiger partial charge is 0.497 e. The Morgan fingerprint density at radius 3 is 2.55 bits per heavy atom. The first-order valence-electron chi connectivity index (χ1n) is 6.33. The first-order valence-corrected chi connectivity index (χ1v) is 6.33. The van der Waals surface area contributed by atoms with Crippen LogP contribution in [0.4, 0.5) is 5.69 Å². The number of ether oxygens (including phenoxy) is 1. The van der Waals surface area contributed by atoms with E-state index in [2.05, 4.69) is 5.32 Å². The van der Waals surface area contributed by atoms with Crippen LogP contribution in [-0.4, -0.2) is 43.5 Å². The minimum absolute atomic E-state index is 0.0114. The van der Waals surface area contributed by atoms with Gasteiger partial charge in [-0.15, -0.1) is 0 Å². The van der Waals surface area contributed by atoms with Gasteiger partial charge in [-0.3, -0.25) is 9.59 Å². The van der Waals surface area contributed by atoms with Crippen LogP contribution < -0.4 is 15.8 Å². The summed E-state index contributed by atoms with van der Waals surface area (Å²) < 4.78 is 5.03. The predicted molar refractivity (Wildman–Crippen MR) is 77.6 cm³/mol. The zero-order valence-electron chi connectivity index (χ0n) is 12.3. The third kappa shape index (κ3) is 4.15. The minimum atomic E-state index is -0.302. The first kappa shape index (κ1) is 15.8. The number of amides is 2. The van der Waals surface area contributed by atoms with Gasteiger partial charge in [-0.05, 0) is 26.0 Å². The molecule has 0 aliphatic carbocycles. The van der Waals surface area contributed by atoms with Gasteiger partial charge < -0.3 is 20.7 Å². The molecule has 0 radical (unpaired) electrons. The van der Waals surface area contributed by atoms with Crippen LogP contribution in [0.15, 0.2) is 18.2 Å². The third-order valence-electron chi connectivity index (χ3n) is 2.67. The molecule has 0 aromatic heterocycles. The van der Waals surface area contributed by atoms with Gasteiger partial charge in [0.05, 0.1) is 19.2 Å². The van der Waals surface area contributed by atoms with Crippen molar-refractivity contribution in [2.24, 2.45) is 0 Å². The zero-order valence-corrected chi connectivity index (χ0v) is 12.3. The molecular formula is C14H21N3O3. The molecule has 0 aliphatic heterocycles. The molecular weight excluding hydrogens is 258 g/mol. The Bertz CT molecular complexity index is 500. The molecule has 0 aliphatic rings. The minimum Gasteiger partial charge on any atom is -0.497 e. The lowest BCUT2D eigenvalue weighted by Gasteiger charge is -2.19. The number of anilines is 1. The van der Waals surface area contributed by atoms with Crippen LogP contribution in [0.3, 0.4) is 0 Å². The van der Waals surface area contributed by atoms with Gasteiger partial charge in [0.25, 0.3) is 5.91 Å². The van der Waals surface area contributed by atoms with E-state index in [9.17, 15) is 9.59 Å². The molecule has 6 nitrogen and oxygen atoms in total. The molecule has 0 fully saturated rings. The fraction of sp³-hybridized carbons (Fsp3) is 0.429. The van der Waals surface area contributed by atoms with Crippen LogP contribution in [0, 0.1) is 0 Å². The number of benzene rings is 1.